The summed E-state index contributed by atoms with van der Waals surface area (Å²) in [7, 11) is 0. The largest absolute Gasteiger partial charge is 0.369 e. The molecule has 1 fully saturated rings. The number of hydrogen-bond donors (Lipinski definition) is 1. The highest BCUT2D eigenvalue weighted by Crippen LogP contribution is 2.55. The van der Waals surface area contributed by atoms with Gasteiger partial charge in [-0.15, -0.1) is 0 Å². The predicted molar refractivity (Wildman–Crippen MR) is 82.7 cm³/mol. The molecule has 1 spiro atoms. The summed E-state index contributed by atoms with van der Waals surface area (Å²) in [6.07, 6.45) is 4.80. The Labute approximate surface area is 135 Å². The number of anilines is 1. The van der Waals surface area contributed by atoms with Crippen molar-refractivity contribution in [3.8, 4) is 0 Å². The van der Waals surface area contributed by atoms with Gasteiger partial charge in [-0.2, -0.15) is 4.98 Å². The summed E-state index contributed by atoms with van der Waals surface area (Å²) < 4.78 is 6.20. The molecule has 1 aliphatic heterocycles. The van der Waals surface area contributed by atoms with Crippen LogP contribution in [0, 0.1) is 6.92 Å². The van der Waals surface area contributed by atoms with Crippen molar-refractivity contribution < 1.29 is 4.52 Å². The lowest BCUT2D eigenvalue weighted by molar-refractivity contribution is 0.345. The molecule has 2 atom stereocenters. The Bertz CT molecular complexity index is 719. The van der Waals surface area contributed by atoms with Crippen LogP contribution in [0.3, 0.4) is 0 Å². The quantitative estimate of drug-likeness (QED) is 0.828. The van der Waals surface area contributed by atoms with Crippen molar-refractivity contribution in [2.24, 2.45) is 0 Å². The minimum atomic E-state index is 0.0240. The molecule has 5 nitrogen and oxygen atoms in total. The molecular formula is C14H14BrClN4O. The number of nitrogens with one attached hydrogen (secondary N) is 1. The molecule has 21 heavy (non-hydrogen) atoms. The van der Waals surface area contributed by atoms with Gasteiger partial charge in [0.05, 0.1) is 9.50 Å². The zero-order valence-electron chi connectivity index (χ0n) is 11.5. The number of aromatic nitrogens is 3. The molecule has 0 aromatic carbocycles. The predicted octanol–water partition coefficient (Wildman–Crippen LogP) is 3.82. The van der Waals surface area contributed by atoms with Crippen molar-refractivity contribution in [3.63, 3.8) is 0 Å². The first kappa shape index (κ1) is 13.5. The summed E-state index contributed by atoms with van der Waals surface area (Å²) in [5.41, 5.74) is 1.16. The van der Waals surface area contributed by atoms with E-state index in [1.807, 2.05) is 6.92 Å². The van der Waals surface area contributed by atoms with Crippen LogP contribution in [0.2, 0.25) is 5.02 Å². The van der Waals surface area contributed by atoms with Gasteiger partial charge in [-0.1, -0.05) is 16.8 Å². The Morgan fingerprint density at radius 2 is 2.38 bits per heavy atom. The van der Waals surface area contributed by atoms with Crippen molar-refractivity contribution in [1.82, 2.24) is 15.1 Å². The normalized spacial score (nSPS) is 27.1. The summed E-state index contributed by atoms with van der Waals surface area (Å²) in [5.74, 6) is 2.65. The maximum atomic E-state index is 6.53. The molecule has 0 amide bonds. The summed E-state index contributed by atoms with van der Waals surface area (Å²) in [6.45, 7) is 2.72. The number of hydrogen-bond acceptors (Lipinski definition) is 5. The molecule has 2 aromatic heterocycles. The van der Waals surface area contributed by atoms with Crippen LogP contribution in [0.1, 0.15) is 42.5 Å². The fourth-order valence-corrected chi connectivity index (χ4v) is 4.27. The van der Waals surface area contributed by atoms with Gasteiger partial charge in [0, 0.05) is 29.6 Å². The van der Waals surface area contributed by atoms with Crippen molar-refractivity contribution in [3.05, 3.63) is 33.0 Å². The van der Waals surface area contributed by atoms with Crippen molar-refractivity contribution >= 4 is 33.3 Å². The zero-order chi connectivity index (χ0) is 14.6. The Balaban J connectivity index is 1.72. The van der Waals surface area contributed by atoms with Crippen LogP contribution >= 0.6 is 27.5 Å². The van der Waals surface area contributed by atoms with Crippen LogP contribution in [0.4, 0.5) is 5.82 Å². The molecule has 2 aromatic rings. The molecule has 3 heterocycles. The first-order valence-corrected chi connectivity index (χ1v) is 8.15. The number of fused-ring (bicyclic) bond motifs is 2. The minimum Gasteiger partial charge on any atom is -0.369 e. The van der Waals surface area contributed by atoms with Gasteiger partial charge in [-0.05, 0) is 42.1 Å². The number of nitrogens with zero attached hydrogens (tertiary/aromatic N) is 3. The average Bonchev–Trinajstić information content (AvgIpc) is 3.15. The van der Waals surface area contributed by atoms with Crippen molar-refractivity contribution in [2.45, 2.75) is 37.5 Å². The molecule has 2 aliphatic rings. The smallest absolute Gasteiger partial charge is 0.229 e. The second-order valence-electron chi connectivity index (χ2n) is 5.90. The molecule has 0 saturated heterocycles. The van der Waals surface area contributed by atoms with E-state index in [-0.39, 0.29) is 5.41 Å². The Morgan fingerprint density at radius 3 is 3.14 bits per heavy atom. The number of aryl methyl sites for hydroxylation is 1. The molecule has 4 rings (SSSR count). The van der Waals surface area contributed by atoms with E-state index >= 15 is 0 Å². The first-order chi connectivity index (χ1) is 10.1. The topological polar surface area (TPSA) is 63.8 Å². The fourth-order valence-electron chi connectivity index (χ4n) is 3.63. The highest BCUT2D eigenvalue weighted by atomic mass is 79.9. The molecule has 0 radical (unpaired) electrons. The summed E-state index contributed by atoms with van der Waals surface area (Å²) in [6, 6.07) is 0. The molecule has 110 valence electrons. The van der Waals surface area contributed by atoms with E-state index in [0.29, 0.717) is 11.7 Å². The van der Waals surface area contributed by atoms with Gasteiger partial charge in [-0.3, -0.25) is 0 Å². The second-order valence-corrected chi connectivity index (χ2v) is 7.13. The van der Waals surface area contributed by atoms with Crippen LogP contribution < -0.4 is 5.32 Å². The van der Waals surface area contributed by atoms with Crippen molar-refractivity contribution in [1.29, 1.82) is 0 Å². The average molecular weight is 370 g/mol. The lowest BCUT2D eigenvalue weighted by atomic mass is 9.80. The van der Waals surface area contributed by atoms with Gasteiger partial charge in [0.25, 0.3) is 0 Å². The minimum absolute atomic E-state index is 0.0240. The van der Waals surface area contributed by atoms with Crippen LogP contribution in [0.25, 0.3) is 0 Å². The van der Waals surface area contributed by atoms with Gasteiger partial charge in [0.1, 0.15) is 5.82 Å². The van der Waals surface area contributed by atoms with Crippen LogP contribution in [0.5, 0.6) is 0 Å². The van der Waals surface area contributed by atoms with Crippen LogP contribution in [0.15, 0.2) is 15.2 Å². The SMILES string of the molecule is Cc1noc([C@H]2CC[C@@]3(CNc4ncc(Br)c(Cl)c43)C2)n1. The third-order valence-electron chi connectivity index (χ3n) is 4.60. The molecule has 0 bridgehead atoms. The van der Waals surface area contributed by atoms with E-state index in [1.165, 1.54) is 0 Å². The number of rotatable bonds is 1. The Kier molecular flexibility index (Phi) is 3.01. The van der Waals surface area contributed by atoms with E-state index in [0.717, 1.165) is 52.6 Å². The van der Waals surface area contributed by atoms with Gasteiger partial charge in [0.2, 0.25) is 5.89 Å². The zero-order valence-corrected chi connectivity index (χ0v) is 13.8. The van der Waals surface area contributed by atoms with E-state index in [1.54, 1.807) is 6.20 Å². The summed E-state index contributed by atoms with van der Waals surface area (Å²) >= 11 is 10.0. The molecule has 0 unspecified atom stereocenters. The summed E-state index contributed by atoms with van der Waals surface area (Å²) in [5, 5.41) is 8.07. The summed E-state index contributed by atoms with van der Waals surface area (Å²) in [4.78, 5) is 8.83. The van der Waals surface area contributed by atoms with E-state index in [9.17, 15) is 0 Å². The van der Waals surface area contributed by atoms with Crippen molar-refractivity contribution in [2.75, 3.05) is 11.9 Å². The maximum absolute atomic E-state index is 6.53. The lowest BCUT2D eigenvalue weighted by Crippen LogP contribution is -2.25. The lowest BCUT2D eigenvalue weighted by Gasteiger charge is -2.24. The molecule has 1 aliphatic carbocycles. The third kappa shape index (κ3) is 1.99. The van der Waals surface area contributed by atoms with Gasteiger partial charge in [0.15, 0.2) is 5.82 Å². The maximum Gasteiger partial charge on any atom is 0.229 e. The number of halogens is 2. The molecule has 1 saturated carbocycles. The molecule has 1 N–H and O–H groups in total. The molecular weight excluding hydrogens is 356 g/mol. The van der Waals surface area contributed by atoms with E-state index < -0.39 is 0 Å². The van der Waals surface area contributed by atoms with Crippen LogP contribution in [-0.2, 0) is 5.41 Å². The molecule has 7 heteroatoms. The Morgan fingerprint density at radius 1 is 1.52 bits per heavy atom. The monoisotopic (exact) mass is 368 g/mol. The van der Waals surface area contributed by atoms with Gasteiger partial charge < -0.3 is 9.84 Å². The third-order valence-corrected chi connectivity index (χ3v) is 5.82. The highest BCUT2D eigenvalue weighted by molar-refractivity contribution is 9.10. The van der Waals surface area contributed by atoms with Gasteiger partial charge >= 0.3 is 0 Å². The van der Waals surface area contributed by atoms with Gasteiger partial charge in [-0.25, -0.2) is 4.98 Å². The first-order valence-electron chi connectivity index (χ1n) is 6.98. The standard InChI is InChI=1S/C14H14BrClN4O/c1-7-19-13(21-20-7)8-2-3-14(4-8)6-18-12-10(14)11(16)9(15)5-17-12/h5,8H,2-4,6H2,1H3,(H,17,18)/t8-,14-/m0/s1. The fraction of sp³-hybridized carbons (Fsp3) is 0.500. The Hall–Kier alpha value is -1.14. The highest BCUT2D eigenvalue weighted by Gasteiger charge is 2.48. The van der Waals surface area contributed by atoms with Crippen LogP contribution in [-0.4, -0.2) is 21.7 Å². The number of pyridine rings is 1. The second kappa shape index (κ2) is 4.68. The van der Waals surface area contributed by atoms with E-state index in [2.05, 4.69) is 36.4 Å². The van der Waals surface area contributed by atoms with E-state index in [4.69, 9.17) is 16.1 Å².